The quantitative estimate of drug-likeness (QED) is 0.705. The van der Waals surface area contributed by atoms with Crippen molar-refractivity contribution >= 4 is 52.0 Å². The van der Waals surface area contributed by atoms with Crippen LogP contribution in [0.1, 0.15) is 11.3 Å². The van der Waals surface area contributed by atoms with Crippen molar-refractivity contribution in [3.05, 3.63) is 50.6 Å². The van der Waals surface area contributed by atoms with E-state index in [9.17, 15) is 9.59 Å². The van der Waals surface area contributed by atoms with Crippen LogP contribution in [-0.4, -0.2) is 53.8 Å². The number of rotatable bonds is 4. The molecule has 4 rings (SSSR count). The summed E-state index contributed by atoms with van der Waals surface area (Å²) < 4.78 is 0.806. The molecule has 2 aromatic rings. The molecular formula is C19H19Cl2N3O2S. The maximum absolute atomic E-state index is 12.9. The number of carbonyl (C=O) groups is 2. The topological polar surface area (TPSA) is 43.9 Å². The summed E-state index contributed by atoms with van der Waals surface area (Å²) in [6, 6.07) is 10.4. The van der Waals surface area contributed by atoms with Crippen molar-refractivity contribution < 1.29 is 9.59 Å². The first-order chi connectivity index (χ1) is 13.0. The second-order valence-corrected chi connectivity index (χ2v) is 9.02. The first kappa shape index (κ1) is 18.9. The highest BCUT2D eigenvalue weighted by atomic mass is 35.5. The second-order valence-electron chi connectivity index (χ2n) is 6.78. The molecule has 0 spiro atoms. The van der Waals surface area contributed by atoms with Gasteiger partial charge >= 0.3 is 0 Å². The van der Waals surface area contributed by atoms with Crippen molar-refractivity contribution in [1.29, 1.82) is 0 Å². The maximum Gasteiger partial charge on any atom is 0.251 e. The fourth-order valence-electron chi connectivity index (χ4n) is 3.65. The van der Waals surface area contributed by atoms with Crippen LogP contribution in [0.15, 0.2) is 36.4 Å². The molecule has 2 amide bonds. The molecule has 0 radical (unpaired) electrons. The van der Waals surface area contributed by atoms with Crippen LogP contribution >= 0.6 is 34.5 Å². The Hall–Kier alpha value is -1.44. The molecule has 1 aromatic carbocycles. The van der Waals surface area contributed by atoms with Gasteiger partial charge in [0.2, 0.25) is 5.91 Å². The fourth-order valence-corrected chi connectivity index (χ4v) is 4.91. The molecule has 0 aliphatic carbocycles. The molecule has 1 atom stereocenters. The minimum absolute atomic E-state index is 0.138. The van der Waals surface area contributed by atoms with E-state index >= 15 is 0 Å². The molecule has 0 saturated carbocycles. The van der Waals surface area contributed by atoms with Gasteiger partial charge in [0, 0.05) is 42.6 Å². The van der Waals surface area contributed by atoms with Gasteiger partial charge in [-0.1, -0.05) is 23.2 Å². The fraction of sp³-hybridized carbons (Fsp3) is 0.368. The Labute approximate surface area is 172 Å². The van der Waals surface area contributed by atoms with Gasteiger partial charge in [-0.05, 0) is 36.4 Å². The van der Waals surface area contributed by atoms with Crippen LogP contribution in [0.25, 0.3) is 0 Å². The molecule has 142 valence electrons. The Bertz CT molecular complexity index is 847. The number of halogens is 2. The van der Waals surface area contributed by atoms with Gasteiger partial charge in [0.1, 0.15) is 0 Å². The van der Waals surface area contributed by atoms with Gasteiger partial charge in [0.15, 0.2) is 0 Å². The van der Waals surface area contributed by atoms with Gasteiger partial charge < -0.3 is 0 Å². The van der Waals surface area contributed by atoms with Crippen molar-refractivity contribution in [2.45, 2.75) is 19.0 Å². The Morgan fingerprint density at radius 1 is 0.963 bits per heavy atom. The number of imide groups is 1. The molecule has 3 heterocycles. The molecule has 5 nitrogen and oxygen atoms in total. The van der Waals surface area contributed by atoms with Crippen LogP contribution in [0.2, 0.25) is 9.36 Å². The smallest absolute Gasteiger partial charge is 0.251 e. The van der Waals surface area contributed by atoms with Crippen molar-refractivity contribution in [3.8, 4) is 0 Å². The van der Waals surface area contributed by atoms with Crippen LogP contribution < -0.4 is 4.90 Å². The summed E-state index contributed by atoms with van der Waals surface area (Å²) in [5.74, 6) is -0.288. The Morgan fingerprint density at radius 3 is 2.30 bits per heavy atom. The SMILES string of the molecule is O=C1CC(N2CCN(Cc3ccc(Cl)s3)CC2)C(=O)N1c1ccc(Cl)cc1. The van der Waals surface area contributed by atoms with E-state index in [4.69, 9.17) is 23.2 Å². The van der Waals surface area contributed by atoms with E-state index in [-0.39, 0.29) is 24.3 Å². The normalized spacial score (nSPS) is 22.0. The van der Waals surface area contributed by atoms with Crippen LogP contribution in [0, 0.1) is 0 Å². The molecule has 8 heteroatoms. The lowest BCUT2D eigenvalue weighted by Crippen LogP contribution is -2.52. The summed E-state index contributed by atoms with van der Waals surface area (Å²) in [6.07, 6.45) is 0.238. The number of hydrogen-bond donors (Lipinski definition) is 0. The Kier molecular flexibility index (Phi) is 5.53. The molecule has 1 unspecified atom stereocenters. The number of amides is 2. The zero-order valence-corrected chi connectivity index (χ0v) is 16.9. The zero-order chi connectivity index (χ0) is 19.0. The van der Waals surface area contributed by atoms with Crippen molar-refractivity contribution in [3.63, 3.8) is 0 Å². The summed E-state index contributed by atoms with van der Waals surface area (Å²) in [5.41, 5.74) is 0.588. The summed E-state index contributed by atoms with van der Waals surface area (Å²) in [4.78, 5) is 32.4. The van der Waals surface area contributed by atoms with Crippen LogP contribution in [0.3, 0.4) is 0 Å². The van der Waals surface area contributed by atoms with E-state index in [1.165, 1.54) is 9.78 Å². The van der Waals surface area contributed by atoms with Gasteiger partial charge in [0.25, 0.3) is 5.91 Å². The zero-order valence-electron chi connectivity index (χ0n) is 14.6. The van der Waals surface area contributed by atoms with Crippen molar-refractivity contribution in [1.82, 2.24) is 9.80 Å². The molecule has 0 N–H and O–H groups in total. The van der Waals surface area contributed by atoms with Gasteiger partial charge in [-0.15, -0.1) is 11.3 Å². The van der Waals surface area contributed by atoms with E-state index in [2.05, 4.69) is 15.9 Å². The van der Waals surface area contributed by atoms with Crippen LogP contribution in [0.4, 0.5) is 5.69 Å². The first-order valence-electron chi connectivity index (χ1n) is 8.84. The molecule has 2 saturated heterocycles. The molecule has 2 aliphatic heterocycles. The van der Waals surface area contributed by atoms with Gasteiger partial charge in [-0.25, -0.2) is 4.90 Å². The number of carbonyl (C=O) groups excluding carboxylic acids is 2. The molecule has 0 bridgehead atoms. The number of nitrogens with zero attached hydrogens (tertiary/aromatic N) is 3. The van der Waals surface area contributed by atoms with Crippen LogP contribution in [0.5, 0.6) is 0 Å². The van der Waals surface area contributed by atoms with E-state index in [1.807, 2.05) is 6.07 Å². The number of piperazine rings is 1. The Morgan fingerprint density at radius 2 is 1.67 bits per heavy atom. The van der Waals surface area contributed by atoms with E-state index in [0.29, 0.717) is 10.7 Å². The number of benzene rings is 1. The minimum atomic E-state index is -0.369. The maximum atomic E-state index is 12.9. The minimum Gasteiger partial charge on any atom is -0.296 e. The lowest BCUT2D eigenvalue weighted by atomic mass is 10.1. The third-order valence-corrected chi connectivity index (χ3v) is 6.53. The van der Waals surface area contributed by atoms with Crippen molar-refractivity contribution in [2.75, 3.05) is 31.1 Å². The molecule has 2 aliphatic rings. The van der Waals surface area contributed by atoms with E-state index in [0.717, 1.165) is 37.1 Å². The summed E-state index contributed by atoms with van der Waals surface area (Å²) >= 11 is 13.5. The average Bonchev–Trinajstić information content (AvgIpc) is 3.19. The Balaban J connectivity index is 1.38. The van der Waals surface area contributed by atoms with E-state index < -0.39 is 0 Å². The van der Waals surface area contributed by atoms with Crippen LogP contribution in [-0.2, 0) is 16.1 Å². The number of thiophene rings is 1. The molecule has 27 heavy (non-hydrogen) atoms. The highest BCUT2D eigenvalue weighted by molar-refractivity contribution is 7.16. The molecular weight excluding hydrogens is 405 g/mol. The summed E-state index contributed by atoms with van der Waals surface area (Å²) in [7, 11) is 0. The standard InChI is InChI=1S/C19H19Cl2N3O2S/c20-13-1-3-14(4-2-13)24-18(25)11-16(19(24)26)23-9-7-22(8-10-23)12-15-5-6-17(21)27-15/h1-6,16H,7-12H2. The average molecular weight is 424 g/mol. The molecule has 1 aromatic heterocycles. The van der Waals surface area contributed by atoms with Gasteiger partial charge in [-0.3, -0.25) is 19.4 Å². The van der Waals surface area contributed by atoms with Gasteiger partial charge in [-0.2, -0.15) is 0 Å². The second kappa shape index (κ2) is 7.89. The van der Waals surface area contributed by atoms with Crippen molar-refractivity contribution in [2.24, 2.45) is 0 Å². The number of hydrogen-bond acceptors (Lipinski definition) is 5. The molecule has 2 fully saturated rings. The predicted molar refractivity (Wildman–Crippen MR) is 109 cm³/mol. The third kappa shape index (κ3) is 4.05. The van der Waals surface area contributed by atoms with Gasteiger partial charge in [0.05, 0.1) is 22.5 Å². The summed E-state index contributed by atoms with van der Waals surface area (Å²) in [5, 5.41) is 0.581. The highest BCUT2D eigenvalue weighted by Gasteiger charge is 2.43. The van der Waals surface area contributed by atoms with E-state index in [1.54, 1.807) is 35.6 Å². The largest absolute Gasteiger partial charge is 0.296 e. The number of anilines is 1. The first-order valence-corrected chi connectivity index (χ1v) is 10.4. The lowest BCUT2D eigenvalue weighted by molar-refractivity contribution is -0.123. The monoisotopic (exact) mass is 423 g/mol. The highest BCUT2D eigenvalue weighted by Crippen LogP contribution is 2.28. The lowest BCUT2D eigenvalue weighted by Gasteiger charge is -2.36. The predicted octanol–water partition coefficient (Wildman–Crippen LogP) is 3.50. The summed E-state index contributed by atoms with van der Waals surface area (Å²) in [6.45, 7) is 4.16. The third-order valence-electron chi connectivity index (χ3n) is 5.06.